The normalized spacial score (nSPS) is 15.6. The summed E-state index contributed by atoms with van der Waals surface area (Å²) in [7, 11) is 1.00. The van der Waals surface area contributed by atoms with E-state index >= 15 is 0 Å². The molecule has 0 spiro atoms. The molecule has 3 rings (SSSR count). The van der Waals surface area contributed by atoms with E-state index in [9.17, 15) is 9.59 Å². The maximum Gasteiger partial charge on any atom is 0.303 e. The molecule has 1 aliphatic carbocycles. The first-order valence-corrected chi connectivity index (χ1v) is 9.15. The number of aryl methyl sites for hydroxylation is 1. The summed E-state index contributed by atoms with van der Waals surface area (Å²) < 4.78 is 5.60. The lowest BCUT2D eigenvalue weighted by molar-refractivity contribution is -0.137. The van der Waals surface area contributed by atoms with Crippen LogP contribution in [-0.4, -0.2) is 53.8 Å². The molecule has 6 nitrogen and oxygen atoms in total. The van der Waals surface area contributed by atoms with Crippen LogP contribution in [0.1, 0.15) is 31.2 Å². The zero-order chi connectivity index (χ0) is 19.6. The highest BCUT2D eigenvalue weighted by atomic mass is 16.5. The molecule has 27 heavy (non-hydrogen) atoms. The van der Waals surface area contributed by atoms with Crippen molar-refractivity contribution in [2.75, 3.05) is 26.8 Å². The Kier molecular flexibility index (Phi) is 8.07. The van der Waals surface area contributed by atoms with Gasteiger partial charge in [-0.3, -0.25) is 9.59 Å². The second-order valence-corrected chi connectivity index (χ2v) is 6.46. The molecule has 0 fully saturated rings. The monoisotopic (exact) mass is 373 g/mol. The maximum atomic E-state index is 12.4. The Balaban J connectivity index is 0.00000126. The van der Waals surface area contributed by atoms with Crippen LogP contribution in [0.2, 0.25) is 0 Å². The molecule has 146 valence electrons. The Labute approximate surface area is 159 Å². The zero-order valence-corrected chi connectivity index (χ0v) is 15.7. The van der Waals surface area contributed by atoms with Crippen molar-refractivity contribution in [3.05, 3.63) is 53.1 Å². The summed E-state index contributed by atoms with van der Waals surface area (Å²) in [6.07, 6.45) is 8.12. The number of carboxylic acid groups (broad SMARTS) is 1. The van der Waals surface area contributed by atoms with Crippen molar-refractivity contribution in [1.29, 1.82) is 0 Å². The Morgan fingerprint density at radius 3 is 2.59 bits per heavy atom. The van der Waals surface area contributed by atoms with Crippen molar-refractivity contribution < 1.29 is 24.5 Å². The van der Waals surface area contributed by atoms with E-state index in [2.05, 4.69) is 12.2 Å². The number of allylic oxidation sites excluding steroid dienone is 1. The summed E-state index contributed by atoms with van der Waals surface area (Å²) in [5.41, 5.74) is 3.72. The SMILES string of the molecule is CO.O=C(O)CCc1ccc(OCC(=O)N2CCC3=C(C=CCC3)C2)cc1. The van der Waals surface area contributed by atoms with Crippen LogP contribution >= 0.6 is 0 Å². The standard InChI is InChI=1S/C20H23NO4.CH4O/c22-19(21-12-11-16-3-1-2-4-17(16)13-21)14-25-18-8-5-15(6-9-18)7-10-20(23)24;1-2/h2,4-6,8-9H,1,3,7,10-14H2,(H,23,24);2H,1H3. The van der Waals surface area contributed by atoms with Crippen LogP contribution in [0.3, 0.4) is 0 Å². The molecule has 0 atom stereocenters. The van der Waals surface area contributed by atoms with Gasteiger partial charge in [0.25, 0.3) is 5.91 Å². The lowest BCUT2D eigenvalue weighted by atomic mass is 9.92. The van der Waals surface area contributed by atoms with Gasteiger partial charge < -0.3 is 19.8 Å². The van der Waals surface area contributed by atoms with E-state index < -0.39 is 5.97 Å². The number of hydrogen-bond acceptors (Lipinski definition) is 4. The van der Waals surface area contributed by atoms with Crippen LogP contribution in [0, 0.1) is 0 Å². The van der Waals surface area contributed by atoms with Crippen LogP contribution in [0.4, 0.5) is 0 Å². The summed E-state index contributed by atoms with van der Waals surface area (Å²) >= 11 is 0. The number of amides is 1. The average molecular weight is 373 g/mol. The van der Waals surface area contributed by atoms with Crippen molar-refractivity contribution in [3.8, 4) is 5.75 Å². The molecule has 1 aromatic carbocycles. The zero-order valence-electron chi connectivity index (χ0n) is 15.7. The van der Waals surface area contributed by atoms with Crippen molar-refractivity contribution >= 4 is 11.9 Å². The molecule has 0 saturated carbocycles. The van der Waals surface area contributed by atoms with Gasteiger partial charge in [-0.25, -0.2) is 0 Å². The largest absolute Gasteiger partial charge is 0.484 e. The summed E-state index contributed by atoms with van der Waals surface area (Å²) in [5.74, 6) is -0.180. The van der Waals surface area contributed by atoms with E-state index in [-0.39, 0.29) is 18.9 Å². The Hall–Kier alpha value is -2.60. The summed E-state index contributed by atoms with van der Waals surface area (Å²) in [5, 5.41) is 15.7. The van der Waals surface area contributed by atoms with E-state index in [1.807, 2.05) is 17.0 Å². The fourth-order valence-corrected chi connectivity index (χ4v) is 3.22. The molecule has 1 amide bonds. The maximum absolute atomic E-state index is 12.4. The molecular formula is C21H27NO5. The van der Waals surface area contributed by atoms with Crippen molar-refractivity contribution in [1.82, 2.24) is 4.90 Å². The quantitative estimate of drug-likeness (QED) is 0.800. The predicted molar refractivity (Wildman–Crippen MR) is 103 cm³/mol. The topological polar surface area (TPSA) is 87.1 Å². The van der Waals surface area contributed by atoms with Crippen molar-refractivity contribution in [2.24, 2.45) is 0 Å². The van der Waals surface area contributed by atoms with Gasteiger partial charge in [-0.05, 0) is 49.0 Å². The van der Waals surface area contributed by atoms with Gasteiger partial charge in [0.2, 0.25) is 0 Å². The number of carbonyl (C=O) groups excluding carboxylic acids is 1. The molecule has 0 radical (unpaired) electrons. The third-order valence-corrected chi connectivity index (χ3v) is 4.70. The lowest BCUT2D eigenvalue weighted by Crippen LogP contribution is -2.39. The third-order valence-electron chi connectivity index (χ3n) is 4.70. The van der Waals surface area contributed by atoms with Crippen LogP contribution in [0.25, 0.3) is 0 Å². The Bertz CT molecular complexity index is 706. The van der Waals surface area contributed by atoms with E-state index in [1.54, 1.807) is 12.1 Å². The highest BCUT2D eigenvalue weighted by Crippen LogP contribution is 2.26. The van der Waals surface area contributed by atoms with E-state index in [0.29, 0.717) is 18.7 Å². The van der Waals surface area contributed by atoms with Crippen LogP contribution < -0.4 is 4.74 Å². The number of aliphatic carboxylic acids is 1. The number of benzene rings is 1. The molecule has 0 unspecified atom stereocenters. The highest BCUT2D eigenvalue weighted by Gasteiger charge is 2.22. The minimum atomic E-state index is -0.807. The smallest absolute Gasteiger partial charge is 0.303 e. The molecule has 0 aromatic heterocycles. The number of aliphatic hydroxyl groups excluding tert-OH is 1. The predicted octanol–water partition coefficient (Wildman–Crippen LogP) is 2.57. The first-order chi connectivity index (χ1) is 13.1. The van der Waals surface area contributed by atoms with Gasteiger partial charge in [0.1, 0.15) is 5.75 Å². The number of nitrogens with zero attached hydrogens (tertiary/aromatic N) is 1. The number of ether oxygens (including phenoxy) is 1. The first-order valence-electron chi connectivity index (χ1n) is 9.15. The average Bonchev–Trinajstić information content (AvgIpc) is 2.72. The minimum absolute atomic E-state index is 0.000442. The molecule has 0 saturated heterocycles. The van der Waals surface area contributed by atoms with Gasteiger partial charge in [-0.15, -0.1) is 0 Å². The number of aliphatic hydroxyl groups is 1. The molecule has 6 heteroatoms. The lowest BCUT2D eigenvalue weighted by Gasteiger charge is -2.31. The fourth-order valence-electron chi connectivity index (χ4n) is 3.22. The second-order valence-electron chi connectivity index (χ2n) is 6.46. The molecule has 0 bridgehead atoms. The van der Waals surface area contributed by atoms with E-state index in [0.717, 1.165) is 38.5 Å². The van der Waals surface area contributed by atoms with Gasteiger partial charge in [0.05, 0.1) is 0 Å². The Morgan fingerprint density at radius 2 is 1.89 bits per heavy atom. The molecular weight excluding hydrogens is 346 g/mol. The number of carbonyl (C=O) groups is 2. The van der Waals surface area contributed by atoms with Crippen molar-refractivity contribution in [2.45, 2.75) is 32.1 Å². The molecule has 1 heterocycles. The summed E-state index contributed by atoms with van der Waals surface area (Å²) in [4.78, 5) is 24.8. The van der Waals surface area contributed by atoms with Gasteiger partial charge in [0.15, 0.2) is 6.61 Å². The number of carboxylic acids is 1. The van der Waals surface area contributed by atoms with Gasteiger partial charge in [-0.1, -0.05) is 29.9 Å². The Morgan fingerprint density at radius 1 is 1.15 bits per heavy atom. The fraction of sp³-hybridized carbons (Fsp3) is 0.429. The van der Waals surface area contributed by atoms with Gasteiger partial charge >= 0.3 is 5.97 Å². The number of rotatable bonds is 6. The molecule has 1 aliphatic heterocycles. The summed E-state index contributed by atoms with van der Waals surface area (Å²) in [6.45, 7) is 1.48. The molecule has 1 aromatic rings. The van der Waals surface area contributed by atoms with Crippen LogP contribution in [0.5, 0.6) is 5.75 Å². The van der Waals surface area contributed by atoms with E-state index in [1.165, 1.54) is 11.1 Å². The van der Waals surface area contributed by atoms with Gasteiger partial charge in [-0.2, -0.15) is 0 Å². The molecule has 2 N–H and O–H groups in total. The number of hydrogen-bond donors (Lipinski definition) is 2. The summed E-state index contributed by atoms with van der Waals surface area (Å²) in [6, 6.07) is 7.25. The molecule has 2 aliphatic rings. The second kappa shape index (κ2) is 10.5. The minimum Gasteiger partial charge on any atom is -0.484 e. The first kappa shape index (κ1) is 20.7. The van der Waals surface area contributed by atoms with E-state index in [4.69, 9.17) is 14.9 Å². The van der Waals surface area contributed by atoms with Crippen molar-refractivity contribution in [3.63, 3.8) is 0 Å². The van der Waals surface area contributed by atoms with Crippen LogP contribution in [-0.2, 0) is 16.0 Å². The van der Waals surface area contributed by atoms with Gasteiger partial charge in [0, 0.05) is 26.6 Å². The highest BCUT2D eigenvalue weighted by molar-refractivity contribution is 5.78. The third kappa shape index (κ3) is 6.25. The van der Waals surface area contributed by atoms with Crippen LogP contribution in [0.15, 0.2) is 47.6 Å².